The summed E-state index contributed by atoms with van der Waals surface area (Å²) in [4.78, 5) is 10.9. The lowest BCUT2D eigenvalue weighted by molar-refractivity contribution is -0.111. The molecular formula is C10H11NO. The summed E-state index contributed by atoms with van der Waals surface area (Å²) in [5, 5.41) is 2.70. The fourth-order valence-corrected chi connectivity index (χ4v) is 0.897. The van der Waals surface area contributed by atoms with Gasteiger partial charge in [-0.2, -0.15) is 0 Å². The van der Waals surface area contributed by atoms with E-state index >= 15 is 0 Å². The van der Waals surface area contributed by atoms with Gasteiger partial charge in [0.15, 0.2) is 0 Å². The third kappa shape index (κ3) is 1.95. The smallest absolute Gasteiger partial charge is 0.247 e. The highest BCUT2D eigenvalue weighted by molar-refractivity contribution is 5.99. The molecule has 0 radical (unpaired) electrons. The van der Waals surface area contributed by atoms with Crippen LogP contribution in [0.25, 0.3) is 0 Å². The molecule has 1 aromatic rings. The second-order valence-corrected chi connectivity index (χ2v) is 2.51. The van der Waals surface area contributed by atoms with E-state index in [1.54, 1.807) is 0 Å². The molecule has 0 aliphatic heterocycles. The van der Waals surface area contributed by atoms with E-state index in [4.69, 9.17) is 0 Å². The van der Waals surface area contributed by atoms with Crippen LogP contribution in [0.15, 0.2) is 36.9 Å². The minimum Gasteiger partial charge on any atom is -0.322 e. The lowest BCUT2D eigenvalue weighted by Crippen LogP contribution is -2.08. The summed E-state index contributed by atoms with van der Waals surface area (Å²) in [6, 6.07) is 7.61. The van der Waals surface area contributed by atoms with Crippen molar-refractivity contribution >= 4 is 11.6 Å². The SMILES string of the molecule is C=C[11C](=O)Nc1ccccc1C. The molecular weight excluding hydrogens is 149 g/mol. The van der Waals surface area contributed by atoms with Crippen LogP contribution in [-0.2, 0) is 4.79 Å². The molecule has 1 amide bonds. The van der Waals surface area contributed by atoms with Crippen molar-refractivity contribution in [1.29, 1.82) is 0 Å². The number of aryl methyl sites for hydroxylation is 1. The normalized spacial score (nSPS) is 9.08. The van der Waals surface area contributed by atoms with E-state index in [0.29, 0.717) is 0 Å². The first-order valence-corrected chi connectivity index (χ1v) is 3.73. The molecule has 0 saturated heterocycles. The predicted octanol–water partition coefficient (Wildman–Crippen LogP) is 2.12. The van der Waals surface area contributed by atoms with Crippen molar-refractivity contribution in [3.05, 3.63) is 42.5 Å². The minimum atomic E-state index is -0.177. The number of rotatable bonds is 2. The van der Waals surface area contributed by atoms with E-state index in [-0.39, 0.29) is 5.91 Å². The molecule has 0 aliphatic carbocycles. The second kappa shape index (κ2) is 3.72. The Labute approximate surface area is 71.9 Å². The van der Waals surface area contributed by atoms with Gasteiger partial charge in [0.2, 0.25) is 5.91 Å². The Kier molecular flexibility index (Phi) is 2.64. The van der Waals surface area contributed by atoms with Crippen molar-refractivity contribution in [3.63, 3.8) is 0 Å². The summed E-state index contributed by atoms with van der Waals surface area (Å²) in [5.41, 5.74) is 1.88. The number of hydrogen-bond acceptors (Lipinski definition) is 1. The van der Waals surface area contributed by atoms with Gasteiger partial charge in [0, 0.05) is 5.69 Å². The van der Waals surface area contributed by atoms with E-state index in [2.05, 4.69) is 11.9 Å². The van der Waals surface area contributed by atoms with Crippen molar-refractivity contribution < 1.29 is 4.79 Å². The lowest BCUT2D eigenvalue weighted by atomic mass is 10.0. The molecule has 0 saturated carbocycles. The first-order valence-electron chi connectivity index (χ1n) is 3.73. The van der Waals surface area contributed by atoms with Gasteiger partial charge in [-0.1, -0.05) is 24.8 Å². The topological polar surface area (TPSA) is 29.1 Å². The number of carbonyl (C=O) groups excluding carboxylic acids is 1. The molecule has 1 rings (SSSR count). The maximum Gasteiger partial charge on any atom is 0.247 e. The number of nitrogens with one attached hydrogen (secondary N) is 1. The number of hydrogen-bond donors (Lipinski definition) is 1. The van der Waals surface area contributed by atoms with Gasteiger partial charge in [0.1, 0.15) is 0 Å². The van der Waals surface area contributed by atoms with Crippen LogP contribution in [0.4, 0.5) is 5.69 Å². The largest absolute Gasteiger partial charge is 0.322 e. The highest BCUT2D eigenvalue weighted by Crippen LogP contribution is 2.12. The van der Waals surface area contributed by atoms with Crippen molar-refractivity contribution in [2.45, 2.75) is 6.92 Å². The number of anilines is 1. The maximum atomic E-state index is 10.9. The van der Waals surface area contributed by atoms with Crippen LogP contribution in [-0.4, -0.2) is 5.91 Å². The quantitative estimate of drug-likeness (QED) is 0.659. The second-order valence-electron chi connectivity index (χ2n) is 2.51. The van der Waals surface area contributed by atoms with Gasteiger partial charge in [-0.3, -0.25) is 4.79 Å². The Morgan fingerprint density at radius 2 is 2.17 bits per heavy atom. The van der Waals surface area contributed by atoms with E-state index in [9.17, 15) is 4.79 Å². The molecule has 0 atom stereocenters. The van der Waals surface area contributed by atoms with Crippen molar-refractivity contribution in [1.82, 2.24) is 0 Å². The van der Waals surface area contributed by atoms with Crippen LogP contribution in [0, 0.1) is 6.92 Å². The van der Waals surface area contributed by atoms with Crippen LogP contribution < -0.4 is 5.32 Å². The van der Waals surface area contributed by atoms with E-state index in [1.165, 1.54) is 6.08 Å². The average Bonchev–Trinajstić information content (AvgIpc) is 2.09. The van der Waals surface area contributed by atoms with Crippen molar-refractivity contribution in [2.24, 2.45) is 0 Å². The van der Waals surface area contributed by atoms with Gasteiger partial charge in [-0.15, -0.1) is 0 Å². The summed E-state index contributed by atoms with van der Waals surface area (Å²) >= 11 is 0. The third-order valence-electron chi connectivity index (χ3n) is 1.59. The fraction of sp³-hybridized carbons (Fsp3) is 0.100. The summed E-state index contributed by atoms with van der Waals surface area (Å²) in [7, 11) is 0. The Morgan fingerprint density at radius 1 is 1.50 bits per heavy atom. The van der Waals surface area contributed by atoms with Crippen LogP contribution in [0.1, 0.15) is 5.56 Å². The third-order valence-corrected chi connectivity index (χ3v) is 1.59. The molecule has 0 heterocycles. The van der Waals surface area contributed by atoms with Crippen LogP contribution >= 0.6 is 0 Å². The zero-order chi connectivity index (χ0) is 8.97. The minimum absolute atomic E-state index is 0.177. The molecule has 1 N–H and O–H groups in total. The number of amides is 1. The fourth-order valence-electron chi connectivity index (χ4n) is 0.897. The maximum absolute atomic E-state index is 10.9. The van der Waals surface area contributed by atoms with Gasteiger partial charge in [0.05, 0.1) is 0 Å². The van der Waals surface area contributed by atoms with Gasteiger partial charge in [-0.05, 0) is 24.6 Å². The Hall–Kier alpha value is -1.57. The van der Waals surface area contributed by atoms with E-state index in [0.717, 1.165) is 11.3 Å². The van der Waals surface area contributed by atoms with Crippen molar-refractivity contribution in [2.75, 3.05) is 5.32 Å². The average molecular weight is 160 g/mol. The molecule has 0 aliphatic rings. The van der Waals surface area contributed by atoms with Crippen molar-refractivity contribution in [3.8, 4) is 0 Å². The van der Waals surface area contributed by atoms with Gasteiger partial charge >= 0.3 is 0 Å². The van der Waals surface area contributed by atoms with E-state index < -0.39 is 0 Å². The summed E-state index contributed by atoms with van der Waals surface area (Å²) < 4.78 is 0. The highest BCUT2D eigenvalue weighted by atomic mass is 16.1. The Bertz CT molecular complexity index is 304. The molecule has 0 unspecified atom stereocenters. The molecule has 2 nitrogen and oxygen atoms in total. The zero-order valence-corrected chi connectivity index (χ0v) is 7.00. The molecule has 0 aromatic heterocycles. The predicted molar refractivity (Wildman–Crippen MR) is 50.0 cm³/mol. The monoisotopic (exact) mass is 160 g/mol. The number of carbonyl (C=O) groups is 1. The highest BCUT2D eigenvalue weighted by Gasteiger charge is 1.97. The zero-order valence-electron chi connectivity index (χ0n) is 7.00. The molecule has 62 valence electrons. The van der Waals surface area contributed by atoms with Gasteiger partial charge in [0.25, 0.3) is 0 Å². The molecule has 0 fully saturated rings. The number of benzene rings is 1. The first kappa shape index (κ1) is 8.53. The molecule has 0 bridgehead atoms. The molecule has 0 spiro atoms. The molecule has 2 heteroatoms. The molecule has 12 heavy (non-hydrogen) atoms. The summed E-state index contributed by atoms with van der Waals surface area (Å²) in [6.07, 6.45) is 1.26. The summed E-state index contributed by atoms with van der Waals surface area (Å²) in [6.45, 7) is 5.32. The van der Waals surface area contributed by atoms with Crippen LogP contribution in [0.3, 0.4) is 0 Å². The summed E-state index contributed by atoms with van der Waals surface area (Å²) in [5.74, 6) is -0.177. The first-order chi connectivity index (χ1) is 5.74. The lowest BCUT2D eigenvalue weighted by Gasteiger charge is -2.04. The Morgan fingerprint density at radius 3 is 2.75 bits per heavy atom. The Balaban J connectivity index is 2.82. The van der Waals surface area contributed by atoms with Crippen LogP contribution in [0.2, 0.25) is 0 Å². The van der Waals surface area contributed by atoms with Gasteiger partial charge in [-0.25, -0.2) is 0 Å². The van der Waals surface area contributed by atoms with E-state index in [1.807, 2.05) is 31.2 Å². The number of para-hydroxylation sites is 1. The van der Waals surface area contributed by atoms with Crippen LogP contribution in [0.5, 0.6) is 0 Å². The standard InChI is InChI=1S/C10H11NO/c1-3-10(12)11-9-7-5-4-6-8(9)2/h3-7H,1H2,2H3,(H,11,12)/i10-1. The van der Waals surface area contributed by atoms with Gasteiger partial charge < -0.3 is 5.32 Å². The molecule has 1 aromatic carbocycles.